The maximum Gasteiger partial charge on any atom is 0.274 e. The van der Waals surface area contributed by atoms with E-state index in [0.717, 1.165) is 6.26 Å². The highest BCUT2D eigenvalue weighted by molar-refractivity contribution is 7.85. The third kappa shape index (κ3) is 6.08. The number of rotatable bonds is 7. The van der Waals surface area contributed by atoms with Gasteiger partial charge in [0.05, 0.1) is 29.2 Å². The summed E-state index contributed by atoms with van der Waals surface area (Å²) in [5.41, 5.74) is 0.661. The summed E-state index contributed by atoms with van der Waals surface area (Å²) in [7, 11) is -3.66. The molecule has 146 valence electrons. The van der Waals surface area contributed by atoms with E-state index in [1.165, 1.54) is 11.3 Å². The molecule has 1 heterocycles. The molecule has 0 bridgehead atoms. The summed E-state index contributed by atoms with van der Waals surface area (Å²) >= 11 is 1.29. The number of aromatic nitrogens is 1. The van der Waals surface area contributed by atoms with Gasteiger partial charge in [0.2, 0.25) is 0 Å². The number of aliphatic hydroxyl groups is 1. The minimum Gasteiger partial charge on any atom is -0.488 e. The summed E-state index contributed by atoms with van der Waals surface area (Å²) < 4.78 is 39.4. The third-order valence-electron chi connectivity index (χ3n) is 3.03. The molecule has 1 aromatic carbocycles. The van der Waals surface area contributed by atoms with E-state index in [1.54, 1.807) is 12.1 Å². The molecule has 1 atom stereocenters. The molecule has 0 saturated carbocycles. The molecule has 0 aliphatic rings. The van der Waals surface area contributed by atoms with Gasteiger partial charge in [-0.25, -0.2) is 4.98 Å². The minimum absolute atomic E-state index is 0.0391. The topological polar surface area (TPSA) is 94.9 Å². The van der Waals surface area contributed by atoms with Crippen molar-refractivity contribution in [2.75, 3.05) is 12.9 Å². The second-order valence-electron chi connectivity index (χ2n) is 7.23. The van der Waals surface area contributed by atoms with Gasteiger partial charge in [0.15, 0.2) is 0 Å². The van der Waals surface area contributed by atoms with Crippen LogP contribution in [0.5, 0.6) is 10.9 Å². The second-order valence-corrected chi connectivity index (χ2v) is 9.83. The quantitative estimate of drug-likeness (QED) is 0.709. The first kappa shape index (κ1) is 20.9. The Morgan fingerprint density at radius 2 is 1.92 bits per heavy atom. The van der Waals surface area contributed by atoms with Crippen LogP contribution in [0.15, 0.2) is 12.1 Å². The lowest BCUT2D eigenvalue weighted by Gasteiger charge is -2.22. The van der Waals surface area contributed by atoms with Gasteiger partial charge in [-0.2, -0.15) is 8.42 Å². The van der Waals surface area contributed by atoms with E-state index in [4.69, 9.17) is 13.7 Å². The van der Waals surface area contributed by atoms with Gasteiger partial charge in [-0.05, 0) is 40.7 Å². The van der Waals surface area contributed by atoms with E-state index >= 15 is 0 Å². The lowest BCUT2D eigenvalue weighted by molar-refractivity contribution is 0.111. The first-order valence-electron chi connectivity index (χ1n) is 8.16. The number of thiazole rings is 1. The lowest BCUT2D eigenvalue weighted by atomic mass is 10.1. The summed E-state index contributed by atoms with van der Waals surface area (Å²) in [5.74, 6) is 0.528. The van der Waals surface area contributed by atoms with Gasteiger partial charge in [0, 0.05) is 11.6 Å². The molecule has 1 aromatic heterocycles. The Morgan fingerprint density at radius 3 is 2.46 bits per heavy atom. The number of aliphatic hydroxyl groups excluding tert-OH is 1. The molecule has 0 saturated heterocycles. The van der Waals surface area contributed by atoms with E-state index in [2.05, 4.69) is 4.98 Å². The molecule has 1 N–H and O–H groups in total. The fourth-order valence-corrected chi connectivity index (χ4v) is 3.66. The van der Waals surface area contributed by atoms with Crippen molar-refractivity contribution in [1.29, 1.82) is 0 Å². The molecule has 2 rings (SSSR count). The number of hydrogen-bond acceptors (Lipinski definition) is 8. The molecule has 2 aromatic rings. The van der Waals surface area contributed by atoms with Crippen LogP contribution < -0.4 is 9.47 Å². The predicted octanol–water partition coefficient (Wildman–Crippen LogP) is 3.27. The van der Waals surface area contributed by atoms with E-state index in [-0.39, 0.29) is 12.7 Å². The van der Waals surface area contributed by atoms with E-state index in [9.17, 15) is 13.5 Å². The maximum atomic E-state index is 11.2. The van der Waals surface area contributed by atoms with Crippen LogP contribution in [0.1, 0.15) is 46.3 Å². The molecule has 0 spiro atoms. The van der Waals surface area contributed by atoms with Crippen LogP contribution >= 0.6 is 11.3 Å². The van der Waals surface area contributed by atoms with Crippen molar-refractivity contribution in [3.63, 3.8) is 0 Å². The minimum atomic E-state index is -3.66. The lowest BCUT2D eigenvalue weighted by Crippen LogP contribution is -2.23. The number of ether oxygens (including phenoxy) is 2. The number of hydrogen-bond donors (Lipinski definition) is 1. The van der Waals surface area contributed by atoms with Crippen LogP contribution in [0.3, 0.4) is 0 Å². The van der Waals surface area contributed by atoms with Crippen molar-refractivity contribution >= 4 is 31.7 Å². The van der Waals surface area contributed by atoms with Crippen molar-refractivity contribution in [2.45, 2.75) is 52.4 Å². The highest BCUT2D eigenvalue weighted by Crippen LogP contribution is 2.38. The van der Waals surface area contributed by atoms with Crippen molar-refractivity contribution in [3.05, 3.63) is 17.7 Å². The Bertz CT molecular complexity index is 867. The molecule has 9 heteroatoms. The predicted molar refractivity (Wildman–Crippen MR) is 102 cm³/mol. The largest absolute Gasteiger partial charge is 0.488 e. The Hall–Kier alpha value is -1.42. The molecular formula is C17H25NO6S2. The molecule has 0 amide bonds. The van der Waals surface area contributed by atoms with Crippen LogP contribution in [0.2, 0.25) is 0 Å². The molecule has 26 heavy (non-hydrogen) atoms. The first-order valence-corrected chi connectivity index (χ1v) is 10.8. The zero-order valence-corrected chi connectivity index (χ0v) is 17.4. The number of fused-ring (bicyclic) bond motifs is 1. The fourth-order valence-electron chi connectivity index (χ4n) is 2.20. The summed E-state index contributed by atoms with van der Waals surface area (Å²) in [6.45, 7) is 9.15. The third-order valence-corrected chi connectivity index (χ3v) is 4.61. The Balaban J connectivity index is 2.47. The van der Waals surface area contributed by atoms with Gasteiger partial charge < -0.3 is 14.6 Å². The van der Waals surface area contributed by atoms with Crippen molar-refractivity contribution in [3.8, 4) is 10.9 Å². The Kier molecular flexibility index (Phi) is 6.17. The molecule has 7 nitrogen and oxygen atoms in total. The molecule has 0 radical (unpaired) electrons. The molecule has 0 unspecified atom stereocenters. The van der Waals surface area contributed by atoms with Crippen molar-refractivity contribution in [1.82, 2.24) is 4.98 Å². The van der Waals surface area contributed by atoms with Crippen LogP contribution in [-0.2, 0) is 14.3 Å². The smallest absolute Gasteiger partial charge is 0.274 e. The van der Waals surface area contributed by atoms with Gasteiger partial charge in [0.1, 0.15) is 17.5 Å². The average molecular weight is 404 g/mol. The number of benzene rings is 1. The van der Waals surface area contributed by atoms with E-state index < -0.39 is 21.8 Å². The molecule has 0 aliphatic carbocycles. The van der Waals surface area contributed by atoms with Gasteiger partial charge in [-0.15, -0.1) is 0 Å². The van der Waals surface area contributed by atoms with Gasteiger partial charge >= 0.3 is 0 Å². The average Bonchev–Trinajstić information content (AvgIpc) is 2.82. The summed E-state index contributed by atoms with van der Waals surface area (Å²) in [6.07, 6.45) is -0.249. The summed E-state index contributed by atoms with van der Waals surface area (Å²) in [6, 6.07) is 3.46. The van der Waals surface area contributed by atoms with E-state index in [0.29, 0.717) is 26.7 Å². The van der Waals surface area contributed by atoms with Crippen LogP contribution in [0, 0.1) is 0 Å². The van der Waals surface area contributed by atoms with E-state index in [1.807, 2.05) is 34.6 Å². The van der Waals surface area contributed by atoms with Crippen LogP contribution in [0.4, 0.5) is 0 Å². The standard InChI is InChI=1S/C17H25NO6S2/c1-10(2)23-16-18-13-8-11(24-17(3,4)5)7-12(15(13)25-16)14(19)9-22-26(6,20)21/h7-8,10,14,19H,9H2,1-6H3/t14-/m0/s1. The van der Waals surface area contributed by atoms with Crippen molar-refractivity contribution < 1.29 is 27.2 Å². The Morgan fingerprint density at radius 1 is 1.27 bits per heavy atom. The zero-order chi connectivity index (χ0) is 19.7. The highest BCUT2D eigenvalue weighted by Gasteiger charge is 2.21. The first-order chi connectivity index (χ1) is 11.8. The van der Waals surface area contributed by atoms with Gasteiger partial charge in [-0.1, -0.05) is 11.3 Å². The molecular weight excluding hydrogens is 378 g/mol. The van der Waals surface area contributed by atoms with Crippen LogP contribution in [-0.4, -0.2) is 43.1 Å². The van der Waals surface area contributed by atoms with Crippen LogP contribution in [0.25, 0.3) is 10.2 Å². The highest BCUT2D eigenvalue weighted by atomic mass is 32.2. The zero-order valence-electron chi connectivity index (χ0n) is 15.8. The normalized spacial score (nSPS) is 14.0. The second kappa shape index (κ2) is 7.67. The fraction of sp³-hybridized carbons (Fsp3) is 0.588. The SMILES string of the molecule is CC(C)Oc1nc2cc(OC(C)(C)C)cc([C@@H](O)COS(C)(=O)=O)c2s1. The molecule has 0 aliphatic heterocycles. The Labute approximate surface area is 158 Å². The monoisotopic (exact) mass is 403 g/mol. The maximum absolute atomic E-state index is 11.2. The summed E-state index contributed by atoms with van der Waals surface area (Å²) in [4.78, 5) is 4.44. The summed E-state index contributed by atoms with van der Waals surface area (Å²) in [5, 5.41) is 11.0. The van der Waals surface area contributed by atoms with Gasteiger partial charge in [0.25, 0.3) is 15.3 Å². The van der Waals surface area contributed by atoms with Gasteiger partial charge in [-0.3, -0.25) is 4.18 Å². The number of nitrogens with zero attached hydrogens (tertiary/aromatic N) is 1. The molecule has 0 fully saturated rings. The van der Waals surface area contributed by atoms with Crippen molar-refractivity contribution in [2.24, 2.45) is 0 Å².